The highest BCUT2D eigenvalue weighted by Gasteiger charge is 2.34. The van der Waals surface area contributed by atoms with Crippen LogP contribution in [0.1, 0.15) is 54.3 Å². The predicted molar refractivity (Wildman–Crippen MR) is 117 cm³/mol. The molecule has 0 saturated heterocycles. The lowest BCUT2D eigenvalue weighted by Gasteiger charge is -2.34. The van der Waals surface area contributed by atoms with Crippen LogP contribution >= 0.6 is 0 Å². The number of carbonyl (C=O) groups excluding carboxylic acids is 1. The molecule has 0 atom stereocenters. The summed E-state index contributed by atoms with van der Waals surface area (Å²) < 4.78 is 7.92. The minimum absolute atomic E-state index is 0.00472. The van der Waals surface area contributed by atoms with Crippen LogP contribution in [-0.2, 0) is 0 Å². The van der Waals surface area contributed by atoms with Crippen LogP contribution in [0.3, 0.4) is 0 Å². The molecular weight excluding hydrogens is 410 g/mol. The molecule has 2 aromatic heterocycles. The van der Waals surface area contributed by atoms with E-state index in [0.717, 1.165) is 18.2 Å². The topological polar surface area (TPSA) is 127 Å². The first-order valence-corrected chi connectivity index (χ1v) is 10.5. The van der Waals surface area contributed by atoms with Crippen LogP contribution in [0.2, 0.25) is 0 Å². The molecule has 9 heteroatoms. The summed E-state index contributed by atoms with van der Waals surface area (Å²) in [7, 11) is 1.51. The fourth-order valence-corrected chi connectivity index (χ4v) is 4.21. The number of nitriles is 1. The highest BCUT2D eigenvalue weighted by Crippen LogP contribution is 2.38. The van der Waals surface area contributed by atoms with Crippen molar-refractivity contribution in [1.82, 2.24) is 9.78 Å². The van der Waals surface area contributed by atoms with Crippen molar-refractivity contribution in [3.05, 3.63) is 53.1 Å². The molecule has 1 fully saturated rings. The minimum atomic E-state index is -0.910. The molecule has 32 heavy (non-hydrogen) atoms. The van der Waals surface area contributed by atoms with Gasteiger partial charge < -0.3 is 20.4 Å². The fraction of sp³-hybridized carbons (Fsp3) is 0.391. The van der Waals surface area contributed by atoms with Gasteiger partial charge in [0.2, 0.25) is 0 Å². The highest BCUT2D eigenvalue weighted by molar-refractivity contribution is 6.04. The number of carbonyl (C=O) groups is 1. The Bertz CT molecular complexity index is 1210. The number of fused-ring (bicyclic) bond motifs is 1. The Hall–Kier alpha value is -3.64. The van der Waals surface area contributed by atoms with Gasteiger partial charge in [-0.05, 0) is 37.8 Å². The fourth-order valence-electron chi connectivity index (χ4n) is 4.21. The molecule has 2 N–H and O–H groups in total. The number of nitrogens with zero attached hydrogens (tertiary/aromatic N) is 4. The third kappa shape index (κ3) is 4.09. The molecule has 0 unspecified atom stereocenters. The zero-order valence-electron chi connectivity index (χ0n) is 18.0. The van der Waals surface area contributed by atoms with E-state index in [1.54, 1.807) is 31.2 Å². The van der Waals surface area contributed by atoms with E-state index in [9.17, 15) is 15.1 Å². The monoisotopic (exact) mass is 435 g/mol. The van der Waals surface area contributed by atoms with Gasteiger partial charge in [-0.25, -0.2) is 0 Å². The predicted octanol–water partition coefficient (Wildman–Crippen LogP) is 3.00. The quantitative estimate of drug-likeness (QED) is 0.468. The number of nitrogens with one attached hydrogen (secondary N) is 1. The van der Waals surface area contributed by atoms with Crippen molar-refractivity contribution in [3.8, 4) is 11.8 Å². The average Bonchev–Trinajstić information content (AvgIpc) is 3.18. The number of methoxy groups -OCH3 is 1. The van der Waals surface area contributed by atoms with Gasteiger partial charge in [0, 0.05) is 36.7 Å². The number of hydrogen-bond donors (Lipinski definition) is 2. The van der Waals surface area contributed by atoms with Gasteiger partial charge in [0.15, 0.2) is 5.69 Å². The number of rotatable bonds is 5. The molecular formula is C23H25N5O4. The first kappa shape index (κ1) is 21.6. The van der Waals surface area contributed by atoms with Crippen LogP contribution in [0.5, 0.6) is 5.75 Å². The number of anilines is 1. The zero-order valence-corrected chi connectivity index (χ0v) is 18.0. The summed E-state index contributed by atoms with van der Waals surface area (Å²) in [5.41, 5.74) is 0.669. The molecule has 0 spiro atoms. The number of aromatic nitrogens is 3. The average molecular weight is 435 g/mol. The number of benzene rings is 1. The van der Waals surface area contributed by atoms with E-state index >= 15 is 0 Å². The molecule has 9 nitrogen and oxygen atoms in total. The van der Waals surface area contributed by atoms with E-state index in [1.165, 1.54) is 13.2 Å². The summed E-state index contributed by atoms with van der Waals surface area (Å²) in [5.74, 6) is -0.0916. The molecule has 1 aliphatic rings. The third-order valence-electron chi connectivity index (χ3n) is 6.12. The lowest BCUT2D eigenvalue weighted by atomic mass is 9.80. The van der Waals surface area contributed by atoms with Gasteiger partial charge in [-0.1, -0.05) is 0 Å². The molecule has 1 aliphatic carbocycles. The Kier molecular flexibility index (Phi) is 5.72. The Balaban J connectivity index is 1.58. The summed E-state index contributed by atoms with van der Waals surface area (Å²) in [6, 6.07) is 10.5. The zero-order chi connectivity index (χ0) is 22.9. The molecule has 3 aromatic rings. The van der Waals surface area contributed by atoms with Crippen LogP contribution in [0.4, 0.5) is 5.69 Å². The van der Waals surface area contributed by atoms with Crippen LogP contribution in [0, 0.1) is 23.5 Å². The van der Waals surface area contributed by atoms with Crippen LogP contribution in [-0.4, -0.2) is 33.5 Å². The van der Waals surface area contributed by atoms with Crippen molar-refractivity contribution in [2.75, 3.05) is 12.4 Å². The molecule has 0 radical (unpaired) electrons. The van der Waals surface area contributed by atoms with Crippen LogP contribution in [0.15, 0.2) is 36.5 Å². The van der Waals surface area contributed by atoms with Gasteiger partial charge >= 0.3 is 5.91 Å². The van der Waals surface area contributed by atoms with Gasteiger partial charge in [0.05, 0.1) is 42.4 Å². The minimum Gasteiger partial charge on any atom is -0.618 e. The summed E-state index contributed by atoms with van der Waals surface area (Å²) in [6.07, 6.45) is 4.61. The van der Waals surface area contributed by atoms with E-state index in [2.05, 4.69) is 16.5 Å². The lowest BCUT2D eigenvalue weighted by molar-refractivity contribution is -0.614. The van der Waals surface area contributed by atoms with Crippen molar-refractivity contribution in [2.24, 2.45) is 0 Å². The second-order valence-electron chi connectivity index (χ2n) is 8.31. The largest absolute Gasteiger partial charge is 0.618 e. The number of aliphatic hydroxyl groups is 1. The van der Waals surface area contributed by atoms with Gasteiger partial charge in [-0.3, -0.25) is 9.48 Å². The van der Waals surface area contributed by atoms with E-state index in [-0.39, 0.29) is 18.2 Å². The molecule has 0 bridgehead atoms. The number of pyridine rings is 1. The van der Waals surface area contributed by atoms with Gasteiger partial charge in [-0.15, -0.1) is 0 Å². The first-order chi connectivity index (χ1) is 15.3. The maximum absolute atomic E-state index is 12.7. The number of hydrogen-bond acceptors (Lipinski definition) is 6. The van der Waals surface area contributed by atoms with Gasteiger partial charge in [0.1, 0.15) is 5.75 Å². The van der Waals surface area contributed by atoms with E-state index in [1.807, 2.05) is 10.9 Å². The van der Waals surface area contributed by atoms with Crippen molar-refractivity contribution in [3.63, 3.8) is 0 Å². The molecule has 1 aromatic carbocycles. The van der Waals surface area contributed by atoms with Crippen molar-refractivity contribution < 1.29 is 19.4 Å². The normalized spacial score (nSPS) is 20.6. The number of amides is 1. The Morgan fingerprint density at radius 2 is 2.19 bits per heavy atom. The standard InChI is InChI=1S/C23H25N5O4/c1-15-4-3-5-20(28(15)31)22(29)25-19-12-16-14-27(26-18(16)13-21(19)32-2)17-6-8-23(30,9-7-17)10-11-24/h3-5,12-14,17,30H,6-10H2,1-2H3,(H,25,29). The second-order valence-corrected chi connectivity index (χ2v) is 8.31. The molecule has 0 aliphatic heterocycles. The van der Waals surface area contributed by atoms with Crippen molar-refractivity contribution >= 4 is 22.5 Å². The highest BCUT2D eigenvalue weighted by atomic mass is 16.5. The smallest absolute Gasteiger partial charge is 0.321 e. The summed E-state index contributed by atoms with van der Waals surface area (Å²) >= 11 is 0. The maximum atomic E-state index is 12.7. The first-order valence-electron chi connectivity index (χ1n) is 10.5. The Morgan fingerprint density at radius 3 is 2.88 bits per heavy atom. The van der Waals surface area contributed by atoms with Gasteiger partial charge in [-0.2, -0.15) is 15.1 Å². The molecule has 166 valence electrons. The SMILES string of the molecule is COc1cc2nn(C3CCC(O)(CC#N)CC3)cc2cc1NC(=O)c1cccc(C)[n+]1[O-]. The lowest BCUT2D eigenvalue weighted by Crippen LogP contribution is -2.39. The molecule has 1 amide bonds. The molecule has 4 rings (SSSR count). The Labute approximate surface area is 185 Å². The molecule has 1 saturated carbocycles. The third-order valence-corrected chi connectivity index (χ3v) is 6.12. The van der Waals surface area contributed by atoms with E-state index in [4.69, 9.17) is 10.00 Å². The maximum Gasteiger partial charge on any atom is 0.321 e. The summed E-state index contributed by atoms with van der Waals surface area (Å²) in [6.45, 7) is 1.64. The van der Waals surface area contributed by atoms with Gasteiger partial charge in [0.25, 0.3) is 5.69 Å². The van der Waals surface area contributed by atoms with Crippen molar-refractivity contribution in [1.29, 1.82) is 5.26 Å². The van der Waals surface area contributed by atoms with Crippen LogP contribution < -0.4 is 14.8 Å². The second kappa shape index (κ2) is 8.48. The van der Waals surface area contributed by atoms with E-state index in [0.29, 0.717) is 40.2 Å². The molecule has 2 heterocycles. The summed E-state index contributed by atoms with van der Waals surface area (Å²) in [5, 5.41) is 39.8. The van der Waals surface area contributed by atoms with Crippen LogP contribution in [0.25, 0.3) is 10.9 Å². The Morgan fingerprint density at radius 1 is 1.44 bits per heavy atom. The van der Waals surface area contributed by atoms with E-state index < -0.39 is 11.5 Å². The van der Waals surface area contributed by atoms with Crippen molar-refractivity contribution in [2.45, 2.75) is 50.7 Å². The summed E-state index contributed by atoms with van der Waals surface area (Å²) in [4.78, 5) is 12.7. The number of aryl methyl sites for hydroxylation is 1. The number of ether oxygens (including phenoxy) is 1.